The zero-order chi connectivity index (χ0) is 14.1. The summed E-state index contributed by atoms with van der Waals surface area (Å²) in [5, 5.41) is 9.91. The molecule has 1 aliphatic rings. The molecular formula is C14H22O5. The molecule has 0 fully saturated rings. The van der Waals surface area contributed by atoms with Crippen molar-refractivity contribution < 1.29 is 24.2 Å². The summed E-state index contributed by atoms with van der Waals surface area (Å²) in [6, 6.07) is 0. The number of ether oxygens (including phenoxy) is 2. The quantitative estimate of drug-likeness (QED) is 0.541. The smallest absolute Gasteiger partial charge is 0.373 e. The molecule has 0 saturated heterocycles. The zero-order valence-electron chi connectivity index (χ0n) is 11.4. The molecule has 5 nitrogen and oxygen atoms in total. The van der Waals surface area contributed by atoms with Crippen LogP contribution in [0.15, 0.2) is 12.2 Å². The molecule has 0 aliphatic carbocycles. The number of cyclic esters (lactones) is 2. The predicted molar refractivity (Wildman–Crippen MR) is 68.9 cm³/mol. The molecule has 0 amide bonds. The van der Waals surface area contributed by atoms with Gasteiger partial charge in [0.2, 0.25) is 0 Å². The Kier molecular flexibility index (Phi) is 6.56. The fourth-order valence-electron chi connectivity index (χ4n) is 1.95. The molecule has 1 N–H and O–H groups in total. The largest absolute Gasteiger partial charge is 0.395 e. The summed E-state index contributed by atoms with van der Waals surface area (Å²) < 4.78 is 9.40. The van der Waals surface area contributed by atoms with Crippen molar-refractivity contribution >= 4 is 11.9 Å². The van der Waals surface area contributed by atoms with Crippen molar-refractivity contribution in [3.05, 3.63) is 12.2 Å². The average molecular weight is 270 g/mol. The van der Waals surface area contributed by atoms with Crippen molar-refractivity contribution in [3.63, 3.8) is 0 Å². The maximum absolute atomic E-state index is 11.2. The first kappa shape index (κ1) is 15.7. The fourth-order valence-corrected chi connectivity index (χ4v) is 1.95. The Morgan fingerprint density at radius 3 is 1.95 bits per heavy atom. The summed E-state index contributed by atoms with van der Waals surface area (Å²) in [4.78, 5) is 22.3. The second-order valence-corrected chi connectivity index (χ2v) is 4.76. The Bertz CT molecular complexity index is 315. The van der Waals surface area contributed by atoms with E-state index in [1.807, 2.05) is 0 Å². The molecule has 0 aromatic heterocycles. The van der Waals surface area contributed by atoms with Crippen LogP contribution < -0.4 is 0 Å². The van der Waals surface area contributed by atoms with Gasteiger partial charge in [0.1, 0.15) is 0 Å². The first-order chi connectivity index (χ1) is 9.06. The van der Waals surface area contributed by atoms with Gasteiger partial charge in [-0.2, -0.15) is 0 Å². The highest BCUT2D eigenvalue weighted by Gasteiger charge is 2.36. The maximum atomic E-state index is 11.2. The van der Waals surface area contributed by atoms with Crippen molar-refractivity contribution in [3.8, 4) is 0 Å². The third kappa shape index (κ3) is 6.38. The van der Waals surface area contributed by atoms with E-state index in [1.165, 1.54) is 19.3 Å². The highest BCUT2D eigenvalue weighted by Crippen LogP contribution is 2.22. The number of aliphatic hydroxyl groups is 1. The summed E-state index contributed by atoms with van der Waals surface area (Å²) >= 11 is 0. The molecule has 108 valence electrons. The van der Waals surface area contributed by atoms with E-state index in [0.717, 1.165) is 31.4 Å². The third-order valence-electron chi connectivity index (χ3n) is 2.97. The number of unbranched alkanes of at least 4 members (excludes halogenated alkanes) is 6. The molecule has 5 heteroatoms. The van der Waals surface area contributed by atoms with Crippen molar-refractivity contribution in [2.75, 3.05) is 0 Å². The summed E-state index contributed by atoms with van der Waals surface area (Å²) in [5.74, 6) is -3.64. The standard InChI is InChI=1S/C14H22O5/c1-2-3-4-5-6-7-8-11-14(17)18-12(15)9-10-13(16)19-14/h9-10,17H,2-8,11H2,1H3. The van der Waals surface area contributed by atoms with Gasteiger partial charge in [-0.1, -0.05) is 45.4 Å². The van der Waals surface area contributed by atoms with Crippen LogP contribution in [-0.2, 0) is 19.1 Å². The molecule has 0 unspecified atom stereocenters. The highest BCUT2D eigenvalue weighted by atomic mass is 16.8. The molecule has 1 rings (SSSR count). The molecule has 1 heterocycles. The zero-order valence-corrected chi connectivity index (χ0v) is 11.4. The molecule has 0 aromatic carbocycles. The van der Waals surface area contributed by atoms with E-state index in [0.29, 0.717) is 6.42 Å². The number of carbonyl (C=O) groups excluding carboxylic acids is 2. The van der Waals surface area contributed by atoms with Crippen LogP contribution in [0, 0.1) is 0 Å². The fraction of sp³-hybridized carbons (Fsp3) is 0.714. The maximum Gasteiger partial charge on any atom is 0.373 e. The molecule has 1 aliphatic heterocycles. The SMILES string of the molecule is CCCCCCCCCC1(O)OC(=O)C=CC(=O)O1. The minimum atomic E-state index is -2.11. The lowest BCUT2D eigenvalue weighted by molar-refractivity contribution is -0.322. The van der Waals surface area contributed by atoms with E-state index in [1.54, 1.807) is 0 Å². The van der Waals surface area contributed by atoms with Crippen molar-refractivity contribution in [2.24, 2.45) is 0 Å². The summed E-state index contributed by atoms with van der Waals surface area (Å²) in [6.07, 6.45) is 9.45. The Hall–Kier alpha value is -1.36. The van der Waals surface area contributed by atoms with Gasteiger partial charge in [0.25, 0.3) is 0 Å². The monoisotopic (exact) mass is 270 g/mol. The summed E-state index contributed by atoms with van der Waals surface area (Å²) in [7, 11) is 0. The lowest BCUT2D eigenvalue weighted by Gasteiger charge is -2.24. The molecule has 0 spiro atoms. The van der Waals surface area contributed by atoms with Gasteiger partial charge in [-0.15, -0.1) is 0 Å². The minimum Gasteiger partial charge on any atom is -0.395 e. The lowest BCUT2D eigenvalue weighted by atomic mass is 10.1. The van der Waals surface area contributed by atoms with Crippen LogP contribution in [0.3, 0.4) is 0 Å². The number of hydrogen-bond donors (Lipinski definition) is 1. The van der Waals surface area contributed by atoms with Gasteiger partial charge in [-0.3, -0.25) is 0 Å². The van der Waals surface area contributed by atoms with Crippen LogP contribution in [0.4, 0.5) is 0 Å². The Balaban J connectivity index is 2.23. The summed E-state index contributed by atoms with van der Waals surface area (Å²) in [6.45, 7) is 2.16. The average Bonchev–Trinajstić information content (AvgIpc) is 2.47. The van der Waals surface area contributed by atoms with E-state index in [4.69, 9.17) is 9.47 Å². The van der Waals surface area contributed by atoms with Crippen LogP contribution in [0.1, 0.15) is 58.3 Å². The van der Waals surface area contributed by atoms with Crippen LogP contribution >= 0.6 is 0 Å². The van der Waals surface area contributed by atoms with Gasteiger partial charge in [0.05, 0.1) is 6.42 Å². The van der Waals surface area contributed by atoms with Gasteiger partial charge in [0, 0.05) is 12.2 Å². The first-order valence-electron chi connectivity index (χ1n) is 6.92. The van der Waals surface area contributed by atoms with Gasteiger partial charge in [-0.25, -0.2) is 9.59 Å². The van der Waals surface area contributed by atoms with Gasteiger partial charge in [-0.05, 0) is 6.42 Å². The second-order valence-electron chi connectivity index (χ2n) is 4.76. The number of rotatable bonds is 8. The van der Waals surface area contributed by atoms with Gasteiger partial charge >= 0.3 is 17.9 Å². The van der Waals surface area contributed by atoms with Crippen LogP contribution in [0.25, 0.3) is 0 Å². The Morgan fingerprint density at radius 2 is 1.42 bits per heavy atom. The van der Waals surface area contributed by atoms with E-state index >= 15 is 0 Å². The van der Waals surface area contributed by atoms with E-state index in [9.17, 15) is 14.7 Å². The molecule has 0 aromatic rings. The van der Waals surface area contributed by atoms with E-state index < -0.39 is 17.9 Å². The molecular weight excluding hydrogens is 248 g/mol. The number of carbonyl (C=O) groups is 2. The van der Waals surface area contributed by atoms with Gasteiger partial charge < -0.3 is 14.6 Å². The lowest BCUT2D eigenvalue weighted by Crippen LogP contribution is -2.37. The minimum absolute atomic E-state index is 0.111. The second kappa shape index (κ2) is 7.94. The highest BCUT2D eigenvalue weighted by molar-refractivity contribution is 5.93. The van der Waals surface area contributed by atoms with E-state index in [2.05, 4.69) is 6.92 Å². The van der Waals surface area contributed by atoms with Crippen LogP contribution in [0.2, 0.25) is 0 Å². The molecule has 0 radical (unpaired) electrons. The number of hydrogen-bond acceptors (Lipinski definition) is 5. The third-order valence-corrected chi connectivity index (χ3v) is 2.97. The predicted octanol–water partition coefficient (Wildman–Crippen LogP) is 2.43. The first-order valence-corrected chi connectivity index (χ1v) is 6.92. The summed E-state index contributed by atoms with van der Waals surface area (Å²) in [5.41, 5.74) is 0. The van der Waals surface area contributed by atoms with Crippen molar-refractivity contribution in [2.45, 2.75) is 64.3 Å². The topological polar surface area (TPSA) is 72.8 Å². The molecule has 19 heavy (non-hydrogen) atoms. The van der Waals surface area contributed by atoms with Crippen LogP contribution in [-0.4, -0.2) is 23.0 Å². The van der Waals surface area contributed by atoms with Crippen LogP contribution in [0.5, 0.6) is 0 Å². The molecule has 0 saturated carbocycles. The Labute approximate surface area is 113 Å². The van der Waals surface area contributed by atoms with E-state index in [-0.39, 0.29) is 6.42 Å². The molecule has 0 atom stereocenters. The van der Waals surface area contributed by atoms with Gasteiger partial charge in [0.15, 0.2) is 0 Å². The normalized spacial score (nSPS) is 17.8. The van der Waals surface area contributed by atoms with Crippen molar-refractivity contribution in [1.82, 2.24) is 0 Å². The van der Waals surface area contributed by atoms with Crippen molar-refractivity contribution in [1.29, 1.82) is 0 Å². The Morgan fingerprint density at radius 1 is 0.947 bits per heavy atom. The number of esters is 2. The molecule has 0 bridgehead atoms.